The average Bonchev–Trinajstić information content (AvgIpc) is 3.20. The molecule has 0 saturated carbocycles. The SMILES string of the molecule is Cc1cc(C(=O)NCc2ccccn2)nn1Cc1cc(Cl)ccc1OCc1ccc(F)c(F)c1. The Morgan fingerprint density at radius 1 is 1.09 bits per heavy atom. The van der Waals surface area contributed by atoms with Crippen LogP contribution in [0.15, 0.2) is 66.9 Å². The highest BCUT2D eigenvalue weighted by Gasteiger charge is 2.15. The van der Waals surface area contributed by atoms with E-state index in [1.54, 1.807) is 35.1 Å². The van der Waals surface area contributed by atoms with Gasteiger partial charge in [0.15, 0.2) is 11.6 Å². The number of amides is 1. The number of carbonyl (C=O) groups excluding carboxylic acids is 1. The topological polar surface area (TPSA) is 69.0 Å². The fourth-order valence-corrected chi connectivity index (χ4v) is 3.50. The smallest absolute Gasteiger partial charge is 0.272 e. The lowest BCUT2D eigenvalue weighted by Gasteiger charge is -2.13. The first-order chi connectivity index (χ1) is 16.4. The molecule has 0 fully saturated rings. The van der Waals surface area contributed by atoms with Crippen LogP contribution in [0.3, 0.4) is 0 Å². The van der Waals surface area contributed by atoms with Crippen LogP contribution in [0, 0.1) is 18.6 Å². The highest BCUT2D eigenvalue weighted by molar-refractivity contribution is 6.30. The molecule has 1 N–H and O–H groups in total. The van der Waals surface area contributed by atoms with E-state index in [9.17, 15) is 13.6 Å². The number of nitrogens with one attached hydrogen (secondary N) is 1. The van der Waals surface area contributed by atoms with Crippen molar-refractivity contribution in [1.82, 2.24) is 20.1 Å². The number of benzene rings is 2. The Balaban J connectivity index is 1.46. The van der Waals surface area contributed by atoms with Crippen molar-refractivity contribution in [2.24, 2.45) is 0 Å². The third kappa shape index (κ3) is 5.77. The Morgan fingerprint density at radius 3 is 2.71 bits per heavy atom. The summed E-state index contributed by atoms with van der Waals surface area (Å²) in [7, 11) is 0. The van der Waals surface area contributed by atoms with Crippen molar-refractivity contribution in [3.63, 3.8) is 0 Å². The van der Waals surface area contributed by atoms with Crippen LogP contribution in [-0.2, 0) is 19.7 Å². The number of nitrogens with zero attached hydrogens (tertiary/aromatic N) is 3. The van der Waals surface area contributed by atoms with E-state index in [0.29, 0.717) is 29.4 Å². The molecule has 0 saturated heterocycles. The first kappa shape index (κ1) is 23.4. The maximum atomic E-state index is 13.5. The molecule has 4 rings (SSSR count). The molecule has 2 aromatic heterocycles. The van der Waals surface area contributed by atoms with Gasteiger partial charge < -0.3 is 10.1 Å². The number of hydrogen-bond acceptors (Lipinski definition) is 4. The van der Waals surface area contributed by atoms with Gasteiger partial charge in [0, 0.05) is 22.5 Å². The number of ether oxygens (including phenoxy) is 1. The van der Waals surface area contributed by atoms with Gasteiger partial charge in [-0.1, -0.05) is 23.7 Å². The molecule has 6 nitrogen and oxygen atoms in total. The molecule has 0 radical (unpaired) electrons. The zero-order valence-electron chi connectivity index (χ0n) is 18.3. The molecule has 4 aromatic rings. The van der Waals surface area contributed by atoms with Gasteiger partial charge in [-0.3, -0.25) is 14.5 Å². The molecule has 0 atom stereocenters. The van der Waals surface area contributed by atoms with Crippen molar-refractivity contribution >= 4 is 17.5 Å². The van der Waals surface area contributed by atoms with E-state index < -0.39 is 11.6 Å². The summed E-state index contributed by atoms with van der Waals surface area (Å²) in [5, 5.41) is 7.74. The number of pyridine rings is 1. The Labute approximate surface area is 200 Å². The molecular weight excluding hydrogens is 462 g/mol. The van der Waals surface area contributed by atoms with Gasteiger partial charge in [-0.05, 0) is 61.0 Å². The largest absolute Gasteiger partial charge is 0.489 e. The van der Waals surface area contributed by atoms with Crippen molar-refractivity contribution in [3.8, 4) is 5.75 Å². The summed E-state index contributed by atoms with van der Waals surface area (Å²) in [6.07, 6.45) is 1.66. The van der Waals surface area contributed by atoms with Gasteiger partial charge >= 0.3 is 0 Å². The summed E-state index contributed by atoms with van der Waals surface area (Å²) in [4.78, 5) is 16.7. The van der Waals surface area contributed by atoms with Gasteiger partial charge in [-0.15, -0.1) is 0 Å². The van der Waals surface area contributed by atoms with Gasteiger partial charge in [-0.2, -0.15) is 5.10 Å². The first-order valence-corrected chi connectivity index (χ1v) is 10.8. The van der Waals surface area contributed by atoms with Crippen LogP contribution >= 0.6 is 11.6 Å². The van der Waals surface area contributed by atoms with Gasteiger partial charge in [0.2, 0.25) is 0 Å². The van der Waals surface area contributed by atoms with Crippen molar-refractivity contribution in [2.75, 3.05) is 0 Å². The molecule has 1 amide bonds. The molecule has 34 heavy (non-hydrogen) atoms. The van der Waals surface area contributed by atoms with Crippen LogP contribution in [-0.4, -0.2) is 20.7 Å². The second kappa shape index (κ2) is 10.4. The molecule has 0 aliphatic heterocycles. The first-order valence-electron chi connectivity index (χ1n) is 10.5. The Kier molecular flexibility index (Phi) is 7.18. The van der Waals surface area contributed by atoms with Crippen molar-refractivity contribution in [3.05, 3.63) is 112 Å². The van der Waals surface area contributed by atoms with E-state index in [-0.39, 0.29) is 18.2 Å². The number of aromatic nitrogens is 3. The molecule has 0 aliphatic carbocycles. The van der Waals surface area contributed by atoms with Crippen LogP contribution in [0.25, 0.3) is 0 Å². The predicted molar refractivity (Wildman–Crippen MR) is 124 cm³/mol. The lowest BCUT2D eigenvalue weighted by Crippen LogP contribution is -2.24. The van der Waals surface area contributed by atoms with Gasteiger partial charge in [0.1, 0.15) is 18.1 Å². The highest BCUT2D eigenvalue weighted by atomic mass is 35.5. The van der Waals surface area contributed by atoms with Crippen molar-refractivity contribution < 1.29 is 18.3 Å². The number of rotatable bonds is 8. The molecule has 0 unspecified atom stereocenters. The van der Waals surface area contributed by atoms with E-state index in [4.69, 9.17) is 16.3 Å². The minimum atomic E-state index is -0.932. The van der Waals surface area contributed by atoms with Gasteiger partial charge in [0.25, 0.3) is 5.91 Å². The standard InChI is InChI=1S/C25H21ClF2N4O2/c1-16-10-23(25(33)30-13-20-4-2-3-9-29-20)31-32(16)14-18-12-19(26)6-8-24(18)34-15-17-5-7-21(27)22(28)11-17/h2-12H,13-15H2,1H3,(H,30,33). The van der Waals surface area contributed by atoms with Gasteiger partial charge in [0.05, 0.1) is 18.8 Å². The Morgan fingerprint density at radius 2 is 1.94 bits per heavy atom. The number of halogens is 3. The van der Waals surface area contributed by atoms with E-state index in [0.717, 1.165) is 29.1 Å². The lowest BCUT2D eigenvalue weighted by molar-refractivity contribution is 0.0944. The summed E-state index contributed by atoms with van der Waals surface area (Å²) >= 11 is 6.19. The monoisotopic (exact) mass is 482 g/mol. The number of carbonyl (C=O) groups is 1. The summed E-state index contributed by atoms with van der Waals surface area (Å²) in [6, 6.07) is 15.9. The minimum Gasteiger partial charge on any atom is -0.489 e. The fourth-order valence-electron chi connectivity index (χ4n) is 3.31. The van der Waals surface area contributed by atoms with Gasteiger partial charge in [-0.25, -0.2) is 8.78 Å². The quantitative estimate of drug-likeness (QED) is 0.380. The zero-order chi connectivity index (χ0) is 24.1. The lowest BCUT2D eigenvalue weighted by atomic mass is 10.2. The second-order valence-corrected chi connectivity index (χ2v) is 8.06. The third-order valence-electron chi connectivity index (χ3n) is 5.09. The summed E-state index contributed by atoms with van der Waals surface area (Å²) in [6.45, 7) is 2.48. The molecule has 9 heteroatoms. The minimum absolute atomic E-state index is 0.0467. The Bertz CT molecular complexity index is 1310. The number of hydrogen-bond donors (Lipinski definition) is 1. The van der Waals surface area contributed by atoms with Crippen LogP contribution in [0.1, 0.15) is 33.0 Å². The molecule has 2 aromatic carbocycles. The average molecular weight is 483 g/mol. The zero-order valence-corrected chi connectivity index (χ0v) is 19.0. The van der Waals surface area contributed by atoms with E-state index in [1.807, 2.05) is 25.1 Å². The fraction of sp³-hybridized carbons (Fsp3) is 0.160. The van der Waals surface area contributed by atoms with Crippen LogP contribution in [0.5, 0.6) is 5.75 Å². The van der Waals surface area contributed by atoms with Crippen LogP contribution in [0.2, 0.25) is 5.02 Å². The summed E-state index contributed by atoms with van der Waals surface area (Å²) in [5.74, 6) is -1.64. The van der Waals surface area contributed by atoms with Crippen molar-refractivity contribution in [1.29, 1.82) is 0 Å². The maximum Gasteiger partial charge on any atom is 0.272 e. The molecular formula is C25H21ClF2N4O2. The molecule has 0 bridgehead atoms. The molecule has 2 heterocycles. The molecule has 174 valence electrons. The maximum absolute atomic E-state index is 13.5. The highest BCUT2D eigenvalue weighted by Crippen LogP contribution is 2.25. The van der Waals surface area contributed by atoms with Crippen LogP contribution < -0.4 is 10.1 Å². The van der Waals surface area contributed by atoms with E-state index in [1.165, 1.54) is 6.07 Å². The summed E-state index contributed by atoms with van der Waals surface area (Å²) < 4.78 is 34.2. The Hall–Kier alpha value is -3.78. The van der Waals surface area contributed by atoms with E-state index in [2.05, 4.69) is 15.4 Å². The number of aryl methyl sites for hydroxylation is 1. The van der Waals surface area contributed by atoms with E-state index >= 15 is 0 Å². The second-order valence-electron chi connectivity index (χ2n) is 7.62. The molecule has 0 spiro atoms. The van der Waals surface area contributed by atoms with Crippen molar-refractivity contribution in [2.45, 2.75) is 26.6 Å². The summed E-state index contributed by atoms with van der Waals surface area (Å²) in [5.41, 5.74) is 3.01. The predicted octanol–water partition coefficient (Wildman–Crippen LogP) is 5.08. The van der Waals surface area contributed by atoms with Crippen LogP contribution in [0.4, 0.5) is 8.78 Å². The molecule has 0 aliphatic rings. The third-order valence-corrected chi connectivity index (χ3v) is 5.33. The normalized spacial score (nSPS) is 10.8.